The molecule has 0 aromatic heterocycles. The summed E-state index contributed by atoms with van der Waals surface area (Å²) in [6.07, 6.45) is -3.30. The minimum absolute atomic E-state index is 0.00420. The van der Waals surface area contributed by atoms with Crippen LogP contribution in [0.5, 0.6) is 0 Å². The molecule has 7 heteroatoms. The molecule has 1 aromatic carbocycles. The van der Waals surface area contributed by atoms with E-state index in [9.17, 15) is 18.0 Å². The van der Waals surface area contributed by atoms with Gasteiger partial charge in [-0.2, -0.15) is 13.2 Å². The van der Waals surface area contributed by atoms with Crippen molar-refractivity contribution in [3.8, 4) is 0 Å². The maximum atomic E-state index is 12.7. The second-order valence-electron chi connectivity index (χ2n) is 7.04. The molecule has 1 atom stereocenters. The van der Waals surface area contributed by atoms with Crippen molar-refractivity contribution in [3.63, 3.8) is 0 Å². The Labute approximate surface area is 140 Å². The van der Waals surface area contributed by atoms with Gasteiger partial charge in [-0.15, -0.1) is 0 Å². The fraction of sp³-hybridized carbons (Fsp3) is 0.588. The van der Waals surface area contributed by atoms with Gasteiger partial charge < -0.3 is 16.0 Å². The van der Waals surface area contributed by atoms with Crippen molar-refractivity contribution in [2.45, 2.75) is 38.9 Å². The zero-order valence-corrected chi connectivity index (χ0v) is 14.0. The second kappa shape index (κ2) is 7.11. The molecule has 1 amide bonds. The number of likely N-dealkylation sites (tertiary alicyclic amines) is 1. The molecule has 1 unspecified atom stereocenters. The molecular weight excluding hydrogens is 319 g/mol. The van der Waals surface area contributed by atoms with Gasteiger partial charge in [0.2, 0.25) is 5.91 Å². The molecule has 1 aromatic rings. The SMILES string of the molecule is CC1(C)CN(CCC(=O)Nc2cccc(C(F)(F)F)c2)CCC1N. The average molecular weight is 343 g/mol. The van der Waals surface area contributed by atoms with Gasteiger partial charge in [-0.25, -0.2) is 0 Å². The van der Waals surface area contributed by atoms with Crippen LogP contribution in [-0.2, 0) is 11.0 Å². The number of rotatable bonds is 4. The minimum atomic E-state index is -4.42. The quantitative estimate of drug-likeness (QED) is 0.883. The van der Waals surface area contributed by atoms with Gasteiger partial charge in [-0.3, -0.25) is 4.79 Å². The summed E-state index contributed by atoms with van der Waals surface area (Å²) in [4.78, 5) is 14.2. The van der Waals surface area contributed by atoms with Gasteiger partial charge in [0.1, 0.15) is 0 Å². The lowest BCUT2D eigenvalue weighted by atomic mass is 9.80. The molecule has 0 spiro atoms. The predicted octanol–water partition coefficient (Wildman–Crippen LogP) is 3.09. The fourth-order valence-electron chi connectivity index (χ4n) is 2.93. The molecule has 134 valence electrons. The van der Waals surface area contributed by atoms with E-state index in [0.29, 0.717) is 6.54 Å². The number of nitrogens with zero attached hydrogens (tertiary/aromatic N) is 1. The van der Waals surface area contributed by atoms with Crippen LogP contribution in [0.1, 0.15) is 32.3 Å². The number of carbonyl (C=O) groups is 1. The highest BCUT2D eigenvalue weighted by Crippen LogP contribution is 2.31. The van der Waals surface area contributed by atoms with Crippen molar-refractivity contribution in [2.24, 2.45) is 11.1 Å². The number of alkyl halides is 3. The zero-order valence-electron chi connectivity index (χ0n) is 14.0. The van der Waals surface area contributed by atoms with E-state index >= 15 is 0 Å². The maximum absolute atomic E-state index is 12.7. The zero-order chi connectivity index (χ0) is 18.0. The number of anilines is 1. The number of benzene rings is 1. The van der Waals surface area contributed by atoms with Gasteiger partial charge >= 0.3 is 6.18 Å². The number of hydrogen-bond donors (Lipinski definition) is 2. The summed E-state index contributed by atoms with van der Waals surface area (Å²) in [6.45, 7) is 6.42. The Hall–Kier alpha value is -1.60. The van der Waals surface area contributed by atoms with Crippen LogP contribution >= 0.6 is 0 Å². The van der Waals surface area contributed by atoms with Crippen LogP contribution in [-0.4, -0.2) is 36.5 Å². The third kappa shape index (κ3) is 4.95. The van der Waals surface area contributed by atoms with Crippen LogP contribution in [0.4, 0.5) is 18.9 Å². The summed E-state index contributed by atoms with van der Waals surface area (Å²) in [5.74, 6) is -0.290. The molecule has 24 heavy (non-hydrogen) atoms. The van der Waals surface area contributed by atoms with Crippen LogP contribution in [0, 0.1) is 5.41 Å². The molecule has 3 N–H and O–H groups in total. The summed E-state index contributed by atoms with van der Waals surface area (Å²) < 4.78 is 38.0. The molecule has 4 nitrogen and oxygen atoms in total. The maximum Gasteiger partial charge on any atom is 0.416 e. The second-order valence-corrected chi connectivity index (χ2v) is 7.04. The summed E-state index contributed by atoms with van der Waals surface area (Å²) in [5, 5.41) is 2.53. The number of halogens is 3. The number of hydrogen-bond acceptors (Lipinski definition) is 3. The monoisotopic (exact) mass is 343 g/mol. The lowest BCUT2D eigenvalue weighted by Gasteiger charge is -2.42. The van der Waals surface area contributed by atoms with Crippen molar-refractivity contribution in [3.05, 3.63) is 29.8 Å². The Morgan fingerprint density at radius 1 is 1.42 bits per heavy atom. The standard InChI is InChI=1S/C17H24F3N3O/c1-16(2)11-23(8-6-14(16)21)9-7-15(24)22-13-5-3-4-12(10-13)17(18,19)20/h3-5,10,14H,6-9,11,21H2,1-2H3,(H,22,24). The molecular formula is C17H24F3N3O. The Morgan fingerprint density at radius 3 is 2.75 bits per heavy atom. The first-order chi connectivity index (χ1) is 11.1. The van der Waals surface area contributed by atoms with E-state index in [2.05, 4.69) is 24.1 Å². The van der Waals surface area contributed by atoms with Crippen molar-refractivity contribution in [2.75, 3.05) is 25.0 Å². The molecule has 1 aliphatic rings. The molecule has 0 saturated carbocycles. The molecule has 1 saturated heterocycles. The molecule has 2 rings (SSSR count). The summed E-state index contributed by atoms with van der Waals surface area (Å²) in [6, 6.07) is 4.81. The van der Waals surface area contributed by atoms with E-state index in [-0.39, 0.29) is 29.5 Å². The van der Waals surface area contributed by atoms with E-state index in [1.807, 2.05) is 0 Å². The van der Waals surface area contributed by atoms with E-state index in [4.69, 9.17) is 5.73 Å². The van der Waals surface area contributed by atoms with E-state index < -0.39 is 11.7 Å². The van der Waals surface area contributed by atoms with Crippen molar-refractivity contribution < 1.29 is 18.0 Å². The minimum Gasteiger partial charge on any atom is -0.327 e. The van der Waals surface area contributed by atoms with Crippen molar-refractivity contribution in [1.29, 1.82) is 0 Å². The Morgan fingerprint density at radius 2 is 2.12 bits per heavy atom. The molecule has 1 heterocycles. The fourth-order valence-corrected chi connectivity index (χ4v) is 2.93. The van der Waals surface area contributed by atoms with Gasteiger partial charge in [0, 0.05) is 31.2 Å². The topological polar surface area (TPSA) is 58.4 Å². The van der Waals surface area contributed by atoms with Crippen LogP contribution in [0.25, 0.3) is 0 Å². The summed E-state index contributed by atoms with van der Waals surface area (Å²) >= 11 is 0. The average Bonchev–Trinajstić information content (AvgIpc) is 2.48. The van der Waals surface area contributed by atoms with Gasteiger partial charge in [-0.05, 0) is 36.6 Å². The lowest BCUT2D eigenvalue weighted by Crippen LogP contribution is -2.52. The Kier molecular flexibility index (Phi) is 5.55. The molecule has 0 radical (unpaired) electrons. The lowest BCUT2D eigenvalue weighted by molar-refractivity contribution is -0.137. The van der Waals surface area contributed by atoms with Gasteiger partial charge in [0.15, 0.2) is 0 Å². The smallest absolute Gasteiger partial charge is 0.327 e. The first kappa shape index (κ1) is 18.7. The third-order valence-corrected chi connectivity index (χ3v) is 4.52. The molecule has 1 fully saturated rings. The van der Waals surface area contributed by atoms with Crippen LogP contribution in [0.2, 0.25) is 0 Å². The molecule has 1 aliphatic heterocycles. The van der Waals surface area contributed by atoms with E-state index in [1.165, 1.54) is 12.1 Å². The van der Waals surface area contributed by atoms with Crippen molar-refractivity contribution in [1.82, 2.24) is 4.90 Å². The highest BCUT2D eigenvalue weighted by Gasteiger charge is 2.33. The number of carbonyl (C=O) groups excluding carboxylic acids is 1. The van der Waals surface area contributed by atoms with E-state index in [1.54, 1.807) is 0 Å². The van der Waals surface area contributed by atoms with Gasteiger partial charge in [-0.1, -0.05) is 19.9 Å². The Balaban J connectivity index is 1.86. The number of nitrogens with two attached hydrogens (primary N) is 1. The Bertz CT molecular complexity index is 587. The van der Waals surface area contributed by atoms with Gasteiger partial charge in [0.05, 0.1) is 5.56 Å². The van der Waals surface area contributed by atoms with Crippen molar-refractivity contribution >= 4 is 11.6 Å². The highest BCUT2D eigenvalue weighted by molar-refractivity contribution is 5.90. The predicted molar refractivity (Wildman–Crippen MR) is 87.5 cm³/mol. The van der Waals surface area contributed by atoms with Crippen LogP contribution in [0.3, 0.4) is 0 Å². The first-order valence-electron chi connectivity index (χ1n) is 8.03. The van der Waals surface area contributed by atoms with Gasteiger partial charge in [0.25, 0.3) is 0 Å². The molecule has 0 aliphatic carbocycles. The summed E-state index contributed by atoms with van der Waals surface area (Å²) in [5.41, 5.74) is 5.47. The summed E-state index contributed by atoms with van der Waals surface area (Å²) in [7, 11) is 0. The van der Waals surface area contributed by atoms with Crippen LogP contribution < -0.4 is 11.1 Å². The van der Waals surface area contributed by atoms with Crippen LogP contribution in [0.15, 0.2) is 24.3 Å². The number of piperidine rings is 1. The largest absolute Gasteiger partial charge is 0.416 e. The third-order valence-electron chi connectivity index (χ3n) is 4.52. The molecule has 0 bridgehead atoms. The van der Waals surface area contributed by atoms with E-state index in [0.717, 1.165) is 31.6 Å². The first-order valence-corrected chi connectivity index (χ1v) is 8.03. The normalized spacial score (nSPS) is 21.5. The number of nitrogens with one attached hydrogen (secondary N) is 1. The highest BCUT2D eigenvalue weighted by atomic mass is 19.4. The number of amides is 1.